The molecule has 0 unspecified atom stereocenters. The summed E-state index contributed by atoms with van der Waals surface area (Å²) in [5, 5.41) is 9.96. The van der Waals surface area contributed by atoms with Gasteiger partial charge in [0.2, 0.25) is 0 Å². The first-order chi connectivity index (χ1) is 12.8. The Kier molecular flexibility index (Phi) is 4.07. The molecule has 0 aliphatic heterocycles. The lowest BCUT2D eigenvalue weighted by atomic mass is 9.92. The SMILES string of the molecule is Cc1cc(C)n(-c2cc(C(C)(C)C)nc3c(-c4ccccc4Cl)cnn23)n1. The number of hydrogen-bond donors (Lipinski definition) is 0. The Balaban J connectivity index is 2.07. The van der Waals surface area contributed by atoms with Crippen LogP contribution in [0, 0.1) is 13.8 Å². The van der Waals surface area contributed by atoms with Crippen molar-refractivity contribution in [1.29, 1.82) is 0 Å². The van der Waals surface area contributed by atoms with Gasteiger partial charge >= 0.3 is 0 Å². The highest BCUT2D eigenvalue weighted by Gasteiger charge is 2.22. The second-order valence-electron chi connectivity index (χ2n) is 7.86. The first-order valence-electron chi connectivity index (χ1n) is 8.93. The number of nitrogens with zero attached hydrogens (tertiary/aromatic N) is 5. The topological polar surface area (TPSA) is 48.0 Å². The van der Waals surface area contributed by atoms with Crippen molar-refractivity contribution in [2.24, 2.45) is 0 Å². The summed E-state index contributed by atoms with van der Waals surface area (Å²) in [6.07, 6.45) is 1.82. The van der Waals surface area contributed by atoms with E-state index in [1.807, 2.05) is 53.5 Å². The average Bonchev–Trinajstić information content (AvgIpc) is 3.16. The van der Waals surface area contributed by atoms with Crippen molar-refractivity contribution >= 4 is 17.2 Å². The molecule has 27 heavy (non-hydrogen) atoms. The third-order valence-electron chi connectivity index (χ3n) is 4.61. The average molecular weight is 380 g/mol. The van der Waals surface area contributed by atoms with Crippen molar-refractivity contribution in [2.75, 3.05) is 0 Å². The van der Waals surface area contributed by atoms with Gasteiger partial charge in [0.25, 0.3) is 0 Å². The number of hydrogen-bond acceptors (Lipinski definition) is 3. The molecule has 0 radical (unpaired) electrons. The van der Waals surface area contributed by atoms with Gasteiger partial charge in [0.1, 0.15) is 0 Å². The van der Waals surface area contributed by atoms with Gasteiger partial charge in [0.15, 0.2) is 11.5 Å². The van der Waals surface area contributed by atoms with Gasteiger partial charge in [0, 0.05) is 33.3 Å². The number of halogens is 1. The fraction of sp³-hybridized carbons (Fsp3) is 0.286. The molecule has 0 spiro atoms. The Morgan fingerprint density at radius 1 is 1.00 bits per heavy atom. The fourth-order valence-corrected chi connectivity index (χ4v) is 3.45. The monoisotopic (exact) mass is 379 g/mol. The molecule has 1 aromatic carbocycles. The summed E-state index contributed by atoms with van der Waals surface area (Å²) in [5.41, 5.74) is 5.49. The van der Waals surface area contributed by atoms with Crippen molar-refractivity contribution in [3.8, 4) is 16.9 Å². The van der Waals surface area contributed by atoms with E-state index in [0.29, 0.717) is 5.02 Å². The summed E-state index contributed by atoms with van der Waals surface area (Å²) < 4.78 is 3.76. The maximum Gasteiger partial charge on any atom is 0.165 e. The van der Waals surface area contributed by atoms with Crippen LogP contribution in [0.15, 0.2) is 42.6 Å². The second-order valence-corrected chi connectivity index (χ2v) is 8.27. The molecular formula is C21H22ClN5. The molecule has 0 N–H and O–H groups in total. The van der Waals surface area contributed by atoms with Crippen LogP contribution in [0.5, 0.6) is 0 Å². The summed E-state index contributed by atoms with van der Waals surface area (Å²) in [6.45, 7) is 10.5. The van der Waals surface area contributed by atoms with Crippen LogP contribution < -0.4 is 0 Å². The molecule has 0 saturated heterocycles. The van der Waals surface area contributed by atoms with E-state index in [0.717, 1.165) is 39.7 Å². The zero-order valence-electron chi connectivity index (χ0n) is 16.2. The molecule has 6 heteroatoms. The van der Waals surface area contributed by atoms with Crippen molar-refractivity contribution in [3.63, 3.8) is 0 Å². The highest BCUT2D eigenvalue weighted by molar-refractivity contribution is 6.33. The van der Waals surface area contributed by atoms with E-state index in [-0.39, 0.29) is 5.41 Å². The van der Waals surface area contributed by atoms with Crippen LogP contribution >= 0.6 is 11.6 Å². The normalized spacial score (nSPS) is 12.1. The van der Waals surface area contributed by atoms with Crippen molar-refractivity contribution in [1.82, 2.24) is 24.4 Å². The maximum atomic E-state index is 6.45. The number of rotatable bonds is 2. The number of aromatic nitrogens is 5. The lowest BCUT2D eigenvalue weighted by Crippen LogP contribution is -2.17. The second kappa shape index (κ2) is 6.20. The van der Waals surface area contributed by atoms with Gasteiger partial charge in [-0.3, -0.25) is 0 Å². The van der Waals surface area contributed by atoms with E-state index >= 15 is 0 Å². The van der Waals surface area contributed by atoms with E-state index in [1.165, 1.54) is 0 Å². The van der Waals surface area contributed by atoms with Crippen LogP contribution in [0.3, 0.4) is 0 Å². The first kappa shape index (κ1) is 17.7. The molecular weight excluding hydrogens is 358 g/mol. The summed E-state index contributed by atoms with van der Waals surface area (Å²) in [6, 6.07) is 11.9. The van der Waals surface area contributed by atoms with Gasteiger partial charge in [0.05, 0.1) is 17.6 Å². The summed E-state index contributed by atoms with van der Waals surface area (Å²) >= 11 is 6.45. The molecule has 0 aliphatic rings. The van der Waals surface area contributed by atoms with Crippen molar-refractivity contribution < 1.29 is 0 Å². The van der Waals surface area contributed by atoms with Gasteiger partial charge in [-0.2, -0.15) is 14.7 Å². The number of benzene rings is 1. The number of fused-ring (bicyclic) bond motifs is 1. The van der Waals surface area contributed by atoms with Crippen LogP contribution in [-0.4, -0.2) is 24.4 Å². The lowest BCUT2D eigenvalue weighted by Gasteiger charge is -2.20. The largest absolute Gasteiger partial charge is 0.232 e. The Hall–Kier alpha value is -2.66. The predicted molar refractivity (Wildman–Crippen MR) is 109 cm³/mol. The van der Waals surface area contributed by atoms with Gasteiger partial charge < -0.3 is 0 Å². The van der Waals surface area contributed by atoms with E-state index in [9.17, 15) is 0 Å². The molecule has 0 amide bonds. The quantitative estimate of drug-likeness (QED) is 0.484. The molecule has 0 fully saturated rings. The van der Waals surface area contributed by atoms with E-state index in [4.69, 9.17) is 16.6 Å². The summed E-state index contributed by atoms with van der Waals surface area (Å²) in [5.74, 6) is 0.869. The van der Waals surface area contributed by atoms with E-state index in [1.54, 1.807) is 0 Å². The Morgan fingerprint density at radius 2 is 1.74 bits per heavy atom. The first-order valence-corrected chi connectivity index (χ1v) is 9.31. The van der Waals surface area contributed by atoms with Crippen LogP contribution in [0.4, 0.5) is 0 Å². The van der Waals surface area contributed by atoms with Crippen LogP contribution in [0.2, 0.25) is 5.02 Å². The third-order valence-corrected chi connectivity index (χ3v) is 4.94. The molecule has 3 heterocycles. The summed E-state index contributed by atoms with van der Waals surface area (Å²) in [4.78, 5) is 4.95. The molecule has 0 bridgehead atoms. The third kappa shape index (κ3) is 3.02. The fourth-order valence-electron chi connectivity index (χ4n) is 3.21. The maximum absolute atomic E-state index is 6.45. The molecule has 0 saturated carbocycles. The molecule has 5 nitrogen and oxygen atoms in total. The number of aryl methyl sites for hydroxylation is 2. The van der Waals surface area contributed by atoms with Crippen molar-refractivity contribution in [3.05, 3.63) is 64.7 Å². The highest BCUT2D eigenvalue weighted by atomic mass is 35.5. The predicted octanol–water partition coefficient (Wildman–Crippen LogP) is 5.15. The van der Waals surface area contributed by atoms with Crippen LogP contribution in [0.1, 0.15) is 37.9 Å². The van der Waals surface area contributed by atoms with E-state index in [2.05, 4.69) is 43.1 Å². The molecule has 0 aliphatic carbocycles. The van der Waals surface area contributed by atoms with Gasteiger partial charge in [-0.05, 0) is 26.0 Å². The smallest absolute Gasteiger partial charge is 0.165 e. The Labute approximate surface area is 163 Å². The lowest BCUT2D eigenvalue weighted by molar-refractivity contribution is 0.565. The Bertz CT molecular complexity index is 1150. The minimum absolute atomic E-state index is 0.116. The van der Waals surface area contributed by atoms with Gasteiger partial charge in [-0.1, -0.05) is 50.6 Å². The zero-order chi connectivity index (χ0) is 19.3. The Morgan fingerprint density at radius 3 is 2.37 bits per heavy atom. The standard InChI is InChI=1S/C21H22ClN5/c1-13-10-14(2)26(25-13)19-11-18(21(3,4)5)24-20-16(12-23-27(19)20)15-8-6-7-9-17(15)22/h6-12H,1-5H3. The molecule has 0 atom stereocenters. The zero-order valence-corrected chi connectivity index (χ0v) is 16.9. The summed E-state index contributed by atoms with van der Waals surface area (Å²) in [7, 11) is 0. The van der Waals surface area contributed by atoms with Crippen molar-refractivity contribution in [2.45, 2.75) is 40.0 Å². The molecule has 4 aromatic rings. The van der Waals surface area contributed by atoms with Crippen LogP contribution in [-0.2, 0) is 5.41 Å². The molecule has 4 rings (SSSR count). The molecule has 3 aromatic heterocycles. The van der Waals surface area contributed by atoms with Crippen LogP contribution in [0.25, 0.3) is 22.6 Å². The molecule has 138 valence electrons. The van der Waals surface area contributed by atoms with Gasteiger partial charge in [-0.15, -0.1) is 0 Å². The minimum Gasteiger partial charge on any atom is -0.232 e. The highest BCUT2D eigenvalue weighted by Crippen LogP contribution is 2.32. The van der Waals surface area contributed by atoms with Gasteiger partial charge in [-0.25, -0.2) is 9.67 Å². The van der Waals surface area contributed by atoms with E-state index < -0.39 is 0 Å². The minimum atomic E-state index is -0.116.